The number of fused-ring (bicyclic) bond motifs is 1. The highest BCUT2D eigenvalue weighted by atomic mass is 16.2. The lowest BCUT2D eigenvalue weighted by Gasteiger charge is -2.38. The van der Waals surface area contributed by atoms with Crippen molar-refractivity contribution in [3.05, 3.63) is 71.7 Å². The van der Waals surface area contributed by atoms with Crippen LogP contribution in [0.4, 0.5) is 0 Å². The Morgan fingerprint density at radius 2 is 1.78 bits per heavy atom. The molecule has 27 heavy (non-hydrogen) atoms. The minimum atomic E-state index is 0.0795. The van der Waals surface area contributed by atoms with Crippen molar-refractivity contribution in [3.8, 4) is 0 Å². The molecule has 2 aromatic heterocycles. The Morgan fingerprint density at radius 1 is 1.04 bits per heavy atom. The number of amides is 1. The topological polar surface area (TPSA) is 49.3 Å². The lowest BCUT2D eigenvalue weighted by Crippen LogP contribution is -2.49. The maximum atomic E-state index is 13.1. The summed E-state index contributed by atoms with van der Waals surface area (Å²) in [6.07, 6.45) is 1.83. The number of nitrogens with zero attached hydrogens (tertiary/aromatic N) is 4. The molecule has 0 radical (unpaired) electrons. The summed E-state index contributed by atoms with van der Waals surface area (Å²) >= 11 is 0. The highest BCUT2D eigenvalue weighted by Gasteiger charge is 2.26. The summed E-state index contributed by atoms with van der Waals surface area (Å²) in [5, 5.41) is 1.01. The van der Waals surface area contributed by atoms with E-state index in [1.54, 1.807) is 0 Å². The van der Waals surface area contributed by atoms with Crippen molar-refractivity contribution in [2.45, 2.75) is 19.9 Å². The van der Waals surface area contributed by atoms with E-state index >= 15 is 0 Å². The molecule has 3 heterocycles. The summed E-state index contributed by atoms with van der Waals surface area (Å²) in [6, 6.07) is 16.2. The zero-order valence-electron chi connectivity index (χ0n) is 15.8. The third-order valence-corrected chi connectivity index (χ3v) is 5.41. The van der Waals surface area contributed by atoms with Crippen LogP contribution in [0.25, 0.3) is 10.9 Å². The Hall–Kier alpha value is -2.79. The first-order valence-corrected chi connectivity index (χ1v) is 9.44. The molecule has 4 rings (SSSR count). The number of rotatable bonds is 3. The van der Waals surface area contributed by atoms with E-state index in [0.717, 1.165) is 48.5 Å². The number of para-hydroxylation sites is 1. The van der Waals surface area contributed by atoms with Crippen LogP contribution in [-0.2, 0) is 0 Å². The van der Waals surface area contributed by atoms with E-state index in [-0.39, 0.29) is 11.9 Å². The van der Waals surface area contributed by atoms with Crippen molar-refractivity contribution < 1.29 is 4.79 Å². The van der Waals surface area contributed by atoms with E-state index < -0.39 is 0 Å². The number of carbonyl (C=O) groups is 1. The van der Waals surface area contributed by atoms with Gasteiger partial charge in [0, 0.05) is 43.8 Å². The van der Waals surface area contributed by atoms with Crippen molar-refractivity contribution in [1.29, 1.82) is 0 Å². The molecule has 5 nitrogen and oxygen atoms in total. The van der Waals surface area contributed by atoms with Gasteiger partial charge in [-0.3, -0.25) is 19.7 Å². The summed E-state index contributed by atoms with van der Waals surface area (Å²) < 4.78 is 0. The van der Waals surface area contributed by atoms with Gasteiger partial charge in [0.15, 0.2) is 0 Å². The summed E-state index contributed by atoms with van der Waals surface area (Å²) in [5.41, 5.74) is 3.51. The van der Waals surface area contributed by atoms with E-state index in [2.05, 4.69) is 27.9 Å². The molecule has 1 aliphatic heterocycles. The summed E-state index contributed by atoms with van der Waals surface area (Å²) in [6.45, 7) is 7.24. The number of pyridine rings is 2. The molecule has 0 aliphatic carbocycles. The molecule has 1 unspecified atom stereocenters. The summed E-state index contributed by atoms with van der Waals surface area (Å²) in [5.74, 6) is 0.0795. The van der Waals surface area contributed by atoms with Crippen LogP contribution < -0.4 is 0 Å². The minimum absolute atomic E-state index is 0.0795. The highest BCUT2D eigenvalue weighted by Crippen LogP contribution is 2.22. The normalized spacial score (nSPS) is 16.4. The van der Waals surface area contributed by atoms with Gasteiger partial charge in [-0.25, -0.2) is 0 Å². The van der Waals surface area contributed by atoms with E-state index in [4.69, 9.17) is 0 Å². The number of aryl methyl sites for hydroxylation is 1. The lowest BCUT2D eigenvalue weighted by molar-refractivity contribution is 0.0578. The first kappa shape index (κ1) is 17.6. The predicted molar refractivity (Wildman–Crippen MR) is 107 cm³/mol. The van der Waals surface area contributed by atoms with Gasteiger partial charge in [0.2, 0.25) is 0 Å². The fourth-order valence-corrected chi connectivity index (χ4v) is 3.72. The van der Waals surface area contributed by atoms with Gasteiger partial charge in [-0.15, -0.1) is 0 Å². The van der Waals surface area contributed by atoms with Crippen LogP contribution in [0.2, 0.25) is 0 Å². The molecular formula is C22H24N4O. The molecule has 1 atom stereocenters. The average molecular weight is 360 g/mol. The molecule has 5 heteroatoms. The van der Waals surface area contributed by atoms with Gasteiger partial charge in [-0.05, 0) is 38.1 Å². The average Bonchev–Trinajstić information content (AvgIpc) is 2.73. The van der Waals surface area contributed by atoms with Crippen molar-refractivity contribution in [2.75, 3.05) is 26.2 Å². The van der Waals surface area contributed by atoms with Crippen LogP contribution in [0.3, 0.4) is 0 Å². The number of hydrogen-bond donors (Lipinski definition) is 0. The van der Waals surface area contributed by atoms with Gasteiger partial charge >= 0.3 is 0 Å². The van der Waals surface area contributed by atoms with Gasteiger partial charge in [0.1, 0.15) is 0 Å². The molecular weight excluding hydrogens is 336 g/mol. The Morgan fingerprint density at radius 3 is 2.52 bits per heavy atom. The Labute approximate surface area is 159 Å². The fraction of sp³-hybridized carbons (Fsp3) is 0.318. The third kappa shape index (κ3) is 3.55. The molecule has 0 spiro atoms. The van der Waals surface area contributed by atoms with Crippen molar-refractivity contribution in [3.63, 3.8) is 0 Å². The molecule has 1 fully saturated rings. The predicted octanol–water partition coefficient (Wildman–Crippen LogP) is 3.46. The quantitative estimate of drug-likeness (QED) is 0.718. The van der Waals surface area contributed by atoms with Crippen LogP contribution in [-0.4, -0.2) is 51.9 Å². The molecule has 0 bridgehead atoms. The smallest absolute Gasteiger partial charge is 0.255 e. The number of aromatic nitrogens is 2. The third-order valence-electron chi connectivity index (χ3n) is 5.41. The first-order valence-electron chi connectivity index (χ1n) is 9.44. The van der Waals surface area contributed by atoms with E-state index in [9.17, 15) is 4.79 Å². The largest absolute Gasteiger partial charge is 0.336 e. The Balaban J connectivity index is 1.47. The Kier molecular flexibility index (Phi) is 4.86. The van der Waals surface area contributed by atoms with E-state index in [0.29, 0.717) is 5.56 Å². The van der Waals surface area contributed by atoms with Gasteiger partial charge < -0.3 is 4.90 Å². The van der Waals surface area contributed by atoms with Crippen LogP contribution in [0.1, 0.15) is 34.7 Å². The molecule has 3 aromatic rings. The zero-order chi connectivity index (χ0) is 18.8. The van der Waals surface area contributed by atoms with Gasteiger partial charge in [0.25, 0.3) is 5.91 Å². The molecule has 1 aliphatic rings. The molecule has 1 saturated heterocycles. The number of benzene rings is 1. The monoisotopic (exact) mass is 360 g/mol. The van der Waals surface area contributed by atoms with Gasteiger partial charge in [-0.1, -0.05) is 24.3 Å². The standard InChI is InChI=1S/C22H24N4O/c1-16-19(15-18-7-3-4-9-21(18)24-16)22(27)26-13-11-25(12-14-26)17(2)20-8-5-6-10-23-20/h3-10,15,17H,11-14H2,1-2H3. The molecule has 1 aromatic carbocycles. The fourth-order valence-electron chi connectivity index (χ4n) is 3.72. The zero-order valence-corrected chi connectivity index (χ0v) is 15.8. The van der Waals surface area contributed by atoms with E-state index in [1.165, 1.54) is 0 Å². The summed E-state index contributed by atoms with van der Waals surface area (Å²) in [4.78, 5) is 26.5. The second kappa shape index (κ2) is 7.45. The second-order valence-corrected chi connectivity index (χ2v) is 7.07. The number of carbonyl (C=O) groups excluding carboxylic acids is 1. The highest BCUT2D eigenvalue weighted by molar-refractivity contribution is 5.98. The van der Waals surface area contributed by atoms with Crippen LogP contribution in [0.5, 0.6) is 0 Å². The maximum Gasteiger partial charge on any atom is 0.255 e. The lowest BCUT2D eigenvalue weighted by atomic mass is 10.1. The van der Waals surface area contributed by atoms with Crippen molar-refractivity contribution in [1.82, 2.24) is 19.8 Å². The second-order valence-electron chi connectivity index (χ2n) is 7.07. The SMILES string of the molecule is Cc1nc2ccccc2cc1C(=O)N1CCN(C(C)c2ccccn2)CC1. The molecule has 0 saturated carbocycles. The van der Waals surface area contributed by atoms with Crippen LogP contribution in [0, 0.1) is 6.92 Å². The Bertz CT molecular complexity index is 949. The number of hydrogen-bond acceptors (Lipinski definition) is 4. The first-order chi connectivity index (χ1) is 13.1. The van der Waals surface area contributed by atoms with E-state index in [1.807, 2.05) is 60.5 Å². The minimum Gasteiger partial charge on any atom is -0.336 e. The van der Waals surface area contributed by atoms with Crippen molar-refractivity contribution >= 4 is 16.8 Å². The molecule has 138 valence electrons. The molecule has 0 N–H and O–H groups in total. The maximum absolute atomic E-state index is 13.1. The molecule has 1 amide bonds. The summed E-state index contributed by atoms with van der Waals surface area (Å²) in [7, 11) is 0. The van der Waals surface area contributed by atoms with Crippen LogP contribution >= 0.6 is 0 Å². The van der Waals surface area contributed by atoms with Crippen LogP contribution in [0.15, 0.2) is 54.7 Å². The van der Waals surface area contributed by atoms with Crippen molar-refractivity contribution in [2.24, 2.45) is 0 Å². The number of piperazine rings is 1. The van der Waals surface area contributed by atoms with Gasteiger partial charge in [-0.2, -0.15) is 0 Å². The van der Waals surface area contributed by atoms with Gasteiger partial charge in [0.05, 0.1) is 22.5 Å².